The number of nitrogens with zero attached hydrogens (tertiary/aromatic N) is 2. The van der Waals surface area contributed by atoms with Gasteiger partial charge in [-0.05, 0) is 17.7 Å². The van der Waals surface area contributed by atoms with Gasteiger partial charge in [-0.1, -0.05) is 63.2 Å². The lowest BCUT2D eigenvalue weighted by Crippen LogP contribution is -2.33. The summed E-state index contributed by atoms with van der Waals surface area (Å²) in [6.07, 6.45) is 0. The van der Waals surface area contributed by atoms with E-state index < -0.39 is 0 Å². The van der Waals surface area contributed by atoms with E-state index in [-0.39, 0.29) is 16.7 Å². The van der Waals surface area contributed by atoms with Crippen molar-refractivity contribution in [3.8, 4) is 0 Å². The normalized spacial score (nSPS) is 12.9. The number of para-hydroxylation sites is 2. The topological polar surface area (TPSA) is 46.9 Å². The van der Waals surface area contributed by atoms with Gasteiger partial charge in [0.25, 0.3) is 0 Å². The molecule has 1 aromatic heterocycles. The Kier molecular flexibility index (Phi) is 5.37. The lowest BCUT2D eigenvalue weighted by Gasteiger charge is -2.21. The molecule has 0 aliphatic carbocycles. The Morgan fingerprint density at radius 2 is 1.77 bits per heavy atom. The zero-order valence-electron chi connectivity index (χ0n) is 15.7. The highest BCUT2D eigenvalue weighted by molar-refractivity contribution is 8.01. The van der Waals surface area contributed by atoms with Crippen molar-refractivity contribution in [1.82, 2.24) is 14.9 Å². The molecule has 0 spiro atoms. The molecule has 4 nitrogen and oxygen atoms in total. The van der Waals surface area contributed by atoms with Gasteiger partial charge in [0, 0.05) is 11.8 Å². The molecule has 2 aromatic carbocycles. The van der Waals surface area contributed by atoms with Gasteiger partial charge in [0.15, 0.2) is 0 Å². The fourth-order valence-corrected chi connectivity index (χ4v) is 3.50. The third kappa shape index (κ3) is 4.28. The van der Waals surface area contributed by atoms with Crippen LogP contribution in [0.25, 0.3) is 11.0 Å². The summed E-state index contributed by atoms with van der Waals surface area (Å²) in [5, 5.41) is 3.18. The van der Waals surface area contributed by atoms with Crippen LogP contribution in [0.4, 0.5) is 0 Å². The van der Waals surface area contributed by atoms with Gasteiger partial charge >= 0.3 is 0 Å². The molecule has 0 saturated heterocycles. The van der Waals surface area contributed by atoms with E-state index in [0.717, 1.165) is 22.4 Å². The predicted octanol–water partition coefficient (Wildman–Crippen LogP) is 4.31. The van der Waals surface area contributed by atoms with Gasteiger partial charge in [0.1, 0.15) is 11.9 Å². The molecule has 0 aliphatic rings. The lowest BCUT2D eigenvalue weighted by molar-refractivity contribution is -0.119. The maximum Gasteiger partial charge on any atom is 0.230 e. The summed E-state index contributed by atoms with van der Waals surface area (Å²) in [5.41, 5.74) is 3.02. The van der Waals surface area contributed by atoms with Crippen LogP contribution in [-0.2, 0) is 11.8 Å². The third-order valence-electron chi connectivity index (χ3n) is 4.15. The van der Waals surface area contributed by atoms with Crippen LogP contribution in [0.2, 0.25) is 0 Å². The monoisotopic (exact) mass is 367 g/mol. The molecule has 0 aliphatic heterocycles. The van der Waals surface area contributed by atoms with Crippen molar-refractivity contribution in [1.29, 1.82) is 0 Å². The van der Waals surface area contributed by atoms with Gasteiger partial charge in [0.2, 0.25) is 5.91 Å². The predicted molar refractivity (Wildman–Crippen MR) is 109 cm³/mol. The van der Waals surface area contributed by atoms with Gasteiger partial charge in [-0.15, -0.1) is 11.8 Å². The smallest absolute Gasteiger partial charge is 0.230 e. The molecule has 0 bridgehead atoms. The first-order valence-electron chi connectivity index (χ1n) is 8.75. The Labute approximate surface area is 159 Å². The van der Waals surface area contributed by atoms with E-state index in [1.165, 1.54) is 0 Å². The van der Waals surface area contributed by atoms with Crippen LogP contribution in [-0.4, -0.2) is 26.0 Å². The molecule has 1 amide bonds. The number of aryl methyl sites for hydroxylation is 1. The van der Waals surface area contributed by atoms with Crippen molar-refractivity contribution in [2.75, 3.05) is 5.75 Å². The minimum Gasteiger partial charge on any atom is -0.341 e. The number of imidazole rings is 1. The van der Waals surface area contributed by atoms with E-state index in [9.17, 15) is 4.79 Å². The van der Waals surface area contributed by atoms with E-state index >= 15 is 0 Å². The second kappa shape index (κ2) is 7.54. The van der Waals surface area contributed by atoms with Crippen molar-refractivity contribution >= 4 is 28.7 Å². The summed E-state index contributed by atoms with van der Waals surface area (Å²) in [5.74, 6) is 1.29. The molecule has 3 rings (SSSR count). The molecular formula is C21H25N3OS. The van der Waals surface area contributed by atoms with Gasteiger partial charge in [-0.25, -0.2) is 4.98 Å². The first kappa shape index (κ1) is 18.5. The van der Waals surface area contributed by atoms with Gasteiger partial charge in [0.05, 0.1) is 16.8 Å². The van der Waals surface area contributed by atoms with Crippen molar-refractivity contribution in [2.45, 2.75) is 31.6 Å². The van der Waals surface area contributed by atoms with E-state index in [2.05, 4.69) is 30.7 Å². The van der Waals surface area contributed by atoms with Crippen LogP contribution in [0.3, 0.4) is 0 Å². The molecule has 1 heterocycles. The van der Waals surface area contributed by atoms with E-state index in [1.54, 1.807) is 11.8 Å². The standard InChI is InChI=1S/C21H25N3OS/c1-21(2,3)26-14-18(25)23-19(15-10-6-5-7-11-15)20-22-16-12-8-9-13-17(16)24(20)4/h5-13,19H,14H2,1-4H3,(H,23,25). The Morgan fingerprint density at radius 3 is 2.42 bits per heavy atom. The van der Waals surface area contributed by atoms with Gasteiger partial charge in [-0.2, -0.15) is 0 Å². The summed E-state index contributed by atoms with van der Waals surface area (Å²) >= 11 is 1.64. The van der Waals surface area contributed by atoms with Gasteiger partial charge in [-0.3, -0.25) is 4.79 Å². The first-order valence-corrected chi connectivity index (χ1v) is 9.73. The number of aromatic nitrogens is 2. The fraction of sp³-hybridized carbons (Fsp3) is 0.333. The molecule has 3 aromatic rings. The molecule has 1 unspecified atom stereocenters. The van der Waals surface area contributed by atoms with Crippen molar-refractivity contribution in [3.63, 3.8) is 0 Å². The number of thioether (sulfide) groups is 1. The summed E-state index contributed by atoms with van der Waals surface area (Å²) in [7, 11) is 2.00. The molecule has 0 fully saturated rings. The Bertz CT molecular complexity index is 897. The number of hydrogen-bond acceptors (Lipinski definition) is 3. The van der Waals surface area contributed by atoms with E-state index in [0.29, 0.717) is 5.75 Å². The molecule has 1 N–H and O–H groups in total. The average Bonchev–Trinajstić information content (AvgIpc) is 2.95. The number of rotatable bonds is 5. The van der Waals surface area contributed by atoms with Crippen LogP contribution < -0.4 is 5.32 Å². The zero-order chi connectivity index (χ0) is 18.7. The zero-order valence-corrected chi connectivity index (χ0v) is 16.5. The number of fused-ring (bicyclic) bond motifs is 1. The number of carbonyl (C=O) groups is 1. The molecule has 0 saturated carbocycles. The summed E-state index contributed by atoms with van der Waals surface area (Å²) in [4.78, 5) is 17.4. The van der Waals surface area contributed by atoms with Crippen LogP contribution in [0.5, 0.6) is 0 Å². The summed E-state index contributed by atoms with van der Waals surface area (Å²) in [6.45, 7) is 6.35. The lowest BCUT2D eigenvalue weighted by atomic mass is 10.1. The van der Waals surface area contributed by atoms with Crippen LogP contribution in [0.1, 0.15) is 38.2 Å². The van der Waals surface area contributed by atoms with Crippen LogP contribution >= 0.6 is 11.8 Å². The molecule has 5 heteroatoms. The highest BCUT2D eigenvalue weighted by atomic mass is 32.2. The minimum atomic E-state index is -0.276. The number of benzene rings is 2. The fourth-order valence-electron chi connectivity index (χ4n) is 2.85. The second-order valence-corrected chi connectivity index (χ2v) is 9.13. The Balaban J connectivity index is 1.93. The van der Waals surface area contributed by atoms with Crippen molar-refractivity contribution in [3.05, 3.63) is 66.0 Å². The Hall–Kier alpha value is -2.27. The number of nitrogens with one attached hydrogen (secondary N) is 1. The third-order valence-corrected chi connectivity index (χ3v) is 5.43. The highest BCUT2D eigenvalue weighted by Crippen LogP contribution is 2.26. The molecule has 26 heavy (non-hydrogen) atoms. The van der Waals surface area contributed by atoms with Gasteiger partial charge < -0.3 is 9.88 Å². The van der Waals surface area contributed by atoms with Crippen LogP contribution in [0, 0.1) is 0 Å². The molecule has 0 radical (unpaired) electrons. The largest absolute Gasteiger partial charge is 0.341 e. The number of amides is 1. The number of hydrogen-bond donors (Lipinski definition) is 1. The van der Waals surface area contributed by atoms with Crippen LogP contribution in [0.15, 0.2) is 54.6 Å². The maximum atomic E-state index is 12.6. The minimum absolute atomic E-state index is 0.0193. The SMILES string of the molecule is Cn1c(C(NC(=O)CSC(C)(C)C)c2ccccc2)nc2ccccc21. The number of carbonyl (C=O) groups excluding carboxylic acids is 1. The highest BCUT2D eigenvalue weighted by Gasteiger charge is 2.23. The molecular weight excluding hydrogens is 342 g/mol. The second-order valence-electron chi connectivity index (χ2n) is 7.33. The Morgan fingerprint density at radius 1 is 1.12 bits per heavy atom. The van der Waals surface area contributed by atoms with E-state index in [4.69, 9.17) is 4.98 Å². The molecule has 136 valence electrons. The molecule has 1 atom stereocenters. The quantitative estimate of drug-likeness (QED) is 0.731. The average molecular weight is 368 g/mol. The maximum absolute atomic E-state index is 12.6. The van der Waals surface area contributed by atoms with Crippen molar-refractivity contribution < 1.29 is 4.79 Å². The summed E-state index contributed by atoms with van der Waals surface area (Å²) < 4.78 is 2.11. The first-order chi connectivity index (χ1) is 12.3. The van der Waals surface area contributed by atoms with E-state index in [1.807, 2.05) is 61.6 Å². The van der Waals surface area contributed by atoms with Crippen molar-refractivity contribution in [2.24, 2.45) is 7.05 Å². The summed E-state index contributed by atoms with van der Waals surface area (Å²) in [6, 6.07) is 17.8.